The lowest BCUT2D eigenvalue weighted by Gasteiger charge is -2.15. The number of hydrogen-bond donors (Lipinski definition) is 1. The van der Waals surface area contributed by atoms with E-state index in [1.807, 2.05) is 33.9 Å². The summed E-state index contributed by atoms with van der Waals surface area (Å²) < 4.78 is 11.6. The van der Waals surface area contributed by atoms with Gasteiger partial charge in [0.2, 0.25) is 0 Å². The zero-order chi connectivity index (χ0) is 23.6. The van der Waals surface area contributed by atoms with Gasteiger partial charge in [0.1, 0.15) is 6.61 Å². The fourth-order valence-corrected chi connectivity index (χ4v) is 2.69. The number of hydrogen-bond acceptors (Lipinski definition) is 4. The number of nitrogens with zero attached hydrogens (tertiary/aromatic N) is 1. The van der Waals surface area contributed by atoms with E-state index in [0.29, 0.717) is 6.61 Å². The molecule has 0 bridgehead atoms. The molecule has 31 heavy (non-hydrogen) atoms. The topological polar surface area (TPSA) is 42.9 Å². The number of aliphatic imine (C=N–C) groups is 1. The maximum absolute atomic E-state index is 5.87. The first-order valence-electron chi connectivity index (χ1n) is 11.6. The molecule has 0 amide bonds. The first-order chi connectivity index (χ1) is 14.9. The van der Waals surface area contributed by atoms with Crippen molar-refractivity contribution in [3.05, 3.63) is 60.3 Å². The molecule has 0 aromatic heterocycles. The zero-order valence-electron chi connectivity index (χ0n) is 20.9. The predicted octanol–water partition coefficient (Wildman–Crippen LogP) is 7.57. The van der Waals surface area contributed by atoms with E-state index >= 15 is 0 Å². The quantitative estimate of drug-likeness (QED) is 0.152. The lowest BCUT2D eigenvalue weighted by molar-refractivity contribution is 0.0268. The Morgan fingerprint density at radius 3 is 2.52 bits per heavy atom. The minimum Gasteiger partial charge on any atom is -0.478 e. The Morgan fingerprint density at radius 2 is 1.90 bits per heavy atom. The third-order valence-corrected chi connectivity index (χ3v) is 4.50. The predicted molar refractivity (Wildman–Crippen MR) is 138 cm³/mol. The molecule has 1 rings (SSSR count). The second kappa shape index (κ2) is 17.4. The van der Waals surface area contributed by atoms with E-state index in [-0.39, 0.29) is 6.10 Å². The van der Waals surface area contributed by atoms with E-state index in [0.717, 1.165) is 60.6 Å². The molecule has 4 heteroatoms. The number of ether oxygens (including phenoxy) is 2. The highest BCUT2D eigenvalue weighted by molar-refractivity contribution is 5.86. The minimum atomic E-state index is 0.0589. The van der Waals surface area contributed by atoms with Gasteiger partial charge in [-0.1, -0.05) is 58.9 Å². The van der Waals surface area contributed by atoms with E-state index in [1.165, 1.54) is 5.56 Å². The van der Waals surface area contributed by atoms with Crippen molar-refractivity contribution in [1.29, 1.82) is 0 Å². The zero-order valence-corrected chi connectivity index (χ0v) is 20.9. The fraction of sp³-hybridized carbons (Fsp3) is 0.519. The van der Waals surface area contributed by atoms with Crippen molar-refractivity contribution in [2.75, 3.05) is 25.6 Å². The molecule has 1 unspecified atom stereocenters. The highest BCUT2D eigenvalue weighted by Crippen LogP contribution is 2.28. The molecule has 0 heterocycles. The van der Waals surface area contributed by atoms with Gasteiger partial charge in [0.25, 0.3) is 0 Å². The number of benzene rings is 1. The van der Waals surface area contributed by atoms with Crippen LogP contribution in [0.3, 0.4) is 0 Å². The summed E-state index contributed by atoms with van der Waals surface area (Å²) in [5.41, 5.74) is 4.96. The van der Waals surface area contributed by atoms with Gasteiger partial charge in [-0.2, -0.15) is 0 Å². The lowest BCUT2D eigenvalue weighted by atomic mass is 9.97. The number of aryl methyl sites for hydroxylation is 1. The molecule has 0 aliphatic carbocycles. The van der Waals surface area contributed by atoms with Gasteiger partial charge in [-0.3, -0.25) is 0 Å². The molecule has 1 aromatic carbocycles. The van der Waals surface area contributed by atoms with Crippen LogP contribution in [0.1, 0.15) is 71.4 Å². The van der Waals surface area contributed by atoms with Gasteiger partial charge in [0.15, 0.2) is 5.90 Å². The monoisotopic (exact) mass is 428 g/mol. The van der Waals surface area contributed by atoms with Gasteiger partial charge < -0.3 is 14.8 Å². The summed E-state index contributed by atoms with van der Waals surface area (Å²) in [4.78, 5) is 4.50. The average Bonchev–Trinajstić information content (AvgIpc) is 2.78. The van der Waals surface area contributed by atoms with E-state index in [9.17, 15) is 0 Å². The van der Waals surface area contributed by atoms with Gasteiger partial charge in [0.05, 0.1) is 6.10 Å². The van der Waals surface area contributed by atoms with E-state index in [1.54, 1.807) is 6.20 Å². The normalized spacial score (nSPS) is 12.2. The first kappa shape index (κ1) is 28.7. The molecular formula is C27H44N2O2. The van der Waals surface area contributed by atoms with Crippen LogP contribution in [0, 0.1) is 6.92 Å². The maximum Gasteiger partial charge on any atom is 0.187 e. The van der Waals surface area contributed by atoms with Gasteiger partial charge in [0, 0.05) is 37.5 Å². The molecule has 1 atom stereocenters. The summed E-state index contributed by atoms with van der Waals surface area (Å²) in [5.74, 6) is 0.722. The van der Waals surface area contributed by atoms with Gasteiger partial charge in [-0.15, -0.1) is 0 Å². The van der Waals surface area contributed by atoms with Crippen molar-refractivity contribution < 1.29 is 9.47 Å². The molecule has 1 N–H and O–H groups in total. The second-order valence-corrected chi connectivity index (χ2v) is 7.24. The first-order valence-corrected chi connectivity index (χ1v) is 11.6. The second-order valence-electron chi connectivity index (χ2n) is 7.24. The van der Waals surface area contributed by atoms with Crippen molar-refractivity contribution in [1.82, 2.24) is 0 Å². The Hall–Kier alpha value is -2.33. The number of nitrogens with one attached hydrogen (secondary N) is 1. The van der Waals surface area contributed by atoms with Gasteiger partial charge in [-0.05, 0) is 56.0 Å². The smallest absolute Gasteiger partial charge is 0.187 e. The molecule has 1 aromatic rings. The summed E-state index contributed by atoms with van der Waals surface area (Å²) in [6.07, 6.45) is 7.66. The Morgan fingerprint density at radius 1 is 1.19 bits per heavy atom. The highest BCUT2D eigenvalue weighted by atomic mass is 16.5. The van der Waals surface area contributed by atoms with Crippen molar-refractivity contribution >= 4 is 17.2 Å². The number of rotatable bonds is 13. The molecule has 0 aliphatic heterocycles. The van der Waals surface area contributed by atoms with Gasteiger partial charge >= 0.3 is 0 Å². The van der Waals surface area contributed by atoms with Crippen molar-refractivity contribution in [3.63, 3.8) is 0 Å². The summed E-state index contributed by atoms with van der Waals surface area (Å²) in [6.45, 7) is 22.0. The molecule has 0 aliphatic rings. The number of unbranched alkanes of at least 4 members (excludes halogenated alkanes) is 1. The van der Waals surface area contributed by atoms with E-state index in [4.69, 9.17) is 9.47 Å². The molecule has 0 saturated heterocycles. The van der Waals surface area contributed by atoms with Crippen LogP contribution in [-0.4, -0.2) is 32.3 Å². The molecule has 0 fully saturated rings. The Bertz CT molecular complexity index is 720. The van der Waals surface area contributed by atoms with Crippen LogP contribution in [0.25, 0.3) is 5.57 Å². The average molecular weight is 429 g/mol. The third kappa shape index (κ3) is 11.6. The van der Waals surface area contributed by atoms with Crippen LogP contribution < -0.4 is 5.32 Å². The fourth-order valence-electron chi connectivity index (χ4n) is 2.69. The van der Waals surface area contributed by atoms with Crippen LogP contribution in [-0.2, 0) is 9.47 Å². The summed E-state index contributed by atoms with van der Waals surface area (Å²) in [6, 6.07) is 6.25. The Kier molecular flexibility index (Phi) is 16.1. The van der Waals surface area contributed by atoms with Crippen LogP contribution in [0.15, 0.2) is 54.2 Å². The van der Waals surface area contributed by atoms with Crippen LogP contribution in [0.4, 0.5) is 5.69 Å². The summed E-state index contributed by atoms with van der Waals surface area (Å²) in [5, 5.41) is 3.21. The van der Waals surface area contributed by atoms with Crippen molar-refractivity contribution in [3.8, 4) is 0 Å². The number of anilines is 1. The van der Waals surface area contributed by atoms with Crippen molar-refractivity contribution in [2.24, 2.45) is 4.99 Å². The molecule has 4 nitrogen and oxygen atoms in total. The molecule has 0 radical (unpaired) electrons. The van der Waals surface area contributed by atoms with E-state index < -0.39 is 0 Å². The Labute approximate surface area is 191 Å². The standard InChI is InChI=1S/C25H38N2O2.C2H6/c1-8-10-16-28-21(5)18-29-25(11-9-2)27-15-14-20(4)22(6)23-17-19(3)12-13-24(23)26-7;1-2/h12-15,17,21,26H,4,6,8-11,16,18H2,1-3,5,7H3;1-2H3/b15-14-,27-25?;. The van der Waals surface area contributed by atoms with Crippen LogP contribution in [0.5, 0.6) is 0 Å². The SMILES string of the molecule is C=C(/C=C\N=C(CCC)OCC(C)OCCCC)C(=C)c1cc(C)ccc1NC.CC. The minimum absolute atomic E-state index is 0.0589. The largest absolute Gasteiger partial charge is 0.478 e. The molecular weight excluding hydrogens is 384 g/mol. The van der Waals surface area contributed by atoms with Crippen molar-refractivity contribution in [2.45, 2.75) is 73.3 Å². The van der Waals surface area contributed by atoms with Crippen LogP contribution in [0.2, 0.25) is 0 Å². The van der Waals surface area contributed by atoms with E-state index in [2.05, 4.69) is 62.4 Å². The molecule has 174 valence electrons. The van der Waals surface area contributed by atoms with Crippen LogP contribution >= 0.6 is 0 Å². The number of allylic oxidation sites excluding steroid dienone is 3. The summed E-state index contributed by atoms with van der Waals surface area (Å²) in [7, 11) is 1.91. The van der Waals surface area contributed by atoms with Gasteiger partial charge in [-0.25, -0.2) is 4.99 Å². The Balaban J connectivity index is 0.00000436. The third-order valence-electron chi connectivity index (χ3n) is 4.50. The maximum atomic E-state index is 5.87. The molecule has 0 saturated carbocycles. The summed E-state index contributed by atoms with van der Waals surface area (Å²) >= 11 is 0. The highest BCUT2D eigenvalue weighted by Gasteiger charge is 2.08. The molecule has 0 spiro atoms. The lowest BCUT2D eigenvalue weighted by Crippen LogP contribution is -2.19.